The van der Waals surface area contributed by atoms with Crippen molar-refractivity contribution in [3.8, 4) is 0 Å². The first-order valence-corrected chi connectivity index (χ1v) is 7.41. The van der Waals surface area contributed by atoms with E-state index in [0.717, 1.165) is 26.2 Å². The largest absolute Gasteiger partial charge is 0.465 e. The predicted molar refractivity (Wildman–Crippen MR) is 79.7 cm³/mol. The van der Waals surface area contributed by atoms with E-state index in [1.54, 1.807) is 0 Å². The van der Waals surface area contributed by atoms with Gasteiger partial charge in [0.05, 0.1) is 25.9 Å². The second-order valence-corrected chi connectivity index (χ2v) is 5.37. The molecule has 0 spiro atoms. The fraction of sp³-hybridized carbons (Fsp3) is 0.800. The predicted octanol–water partition coefficient (Wildman–Crippen LogP) is 1.15. The Kier molecular flexibility index (Phi) is 7.80. The minimum atomic E-state index is -0.189. The van der Waals surface area contributed by atoms with E-state index in [4.69, 9.17) is 9.47 Å². The van der Waals surface area contributed by atoms with Crippen LogP contribution in [-0.4, -0.2) is 73.9 Å². The Hall–Kier alpha value is -0.910. The van der Waals surface area contributed by atoms with Gasteiger partial charge < -0.3 is 9.47 Å². The molecule has 0 aromatic heterocycles. The third-order valence-electron chi connectivity index (χ3n) is 3.41. The Bertz CT molecular complexity index is 307. The standard InChI is InChI=1S/C15H28N2O3/c1-5-7-16(12-15(18)19-6-2)10-14-11-17(13(3)4)8-9-20-14/h5,13-14H,1,6-12H2,2-4H3. The summed E-state index contributed by atoms with van der Waals surface area (Å²) in [5, 5.41) is 0. The molecule has 1 fully saturated rings. The van der Waals surface area contributed by atoms with Crippen molar-refractivity contribution >= 4 is 5.97 Å². The molecule has 5 nitrogen and oxygen atoms in total. The smallest absolute Gasteiger partial charge is 0.320 e. The van der Waals surface area contributed by atoms with Crippen molar-refractivity contribution < 1.29 is 14.3 Å². The van der Waals surface area contributed by atoms with Crippen molar-refractivity contribution in [1.29, 1.82) is 0 Å². The van der Waals surface area contributed by atoms with Crippen LogP contribution in [0, 0.1) is 0 Å². The molecule has 0 aromatic carbocycles. The van der Waals surface area contributed by atoms with Gasteiger partial charge in [0.15, 0.2) is 0 Å². The van der Waals surface area contributed by atoms with E-state index in [2.05, 4.69) is 25.3 Å². The summed E-state index contributed by atoms with van der Waals surface area (Å²) in [6.07, 6.45) is 1.95. The third kappa shape index (κ3) is 6.03. The van der Waals surface area contributed by atoms with E-state index in [1.165, 1.54) is 0 Å². The molecule has 0 radical (unpaired) electrons. The molecule has 1 saturated heterocycles. The molecule has 0 bridgehead atoms. The van der Waals surface area contributed by atoms with Crippen LogP contribution in [0.2, 0.25) is 0 Å². The molecule has 1 heterocycles. The maximum absolute atomic E-state index is 11.6. The van der Waals surface area contributed by atoms with Crippen LogP contribution in [0.15, 0.2) is 12.7 Å². The van der Waals surface area contributed by atoms with Gasteiger partial charge in [0.1, 0.15) is 0 Å². The topological polar surface area (TPSA) is 42.0 Å². The molecule has 1 unspecified atom stereocenters. The van der Waals surface area contributed by atoms with Crippen molar-refractivity contribution in [3.63, 3.8) is 0 Å². The number of morpholine rings is 1. The Morgan fingerprint density at radius 2 is 2.35 bits per heavy atom. The monoisotopic (exact) mass is 284 g/mol. The van der Waals surface area contributed by atoms with E-state index in [1.807, 2.05) is 17.9 Å². The summed E-state index contributed by atoms with van der Waals surface area (Å²) in [5.74, 6) is -0.189. The molecule has 0 N–H and O–H groups in total. The molecule has 0 aliphatic carbocycles. The van der Waals surface area contributed by atoms with Gasteiger partial charge in [-0.05, 0) is 20.8 Å². The minimum Gasteiger partial charge on any atom is -0.465 e. The first-order chi connectivity index (χ1) is 9.56. The van der Waals surface area contributed by atoms with E-state index >= 15 is 0 Å². The molecule has 1 aliphatic rings. The lowest BCUT2D eigenvalue weighted by atomic mass is 10.2. The molecule has 5 heteroatoms. The summed E-state index contributed by atoms with van der Waals surface area (Å²) in [7, 11) is 0. The van der Waals surface area contributed by atoms with E-state index in [-0.39, 0.29) is 12.1 Å². The molecular weight excluding hydrogens is 256 g/mol. The lowest BCUT2D eigenvalue weighted by Gasteiger charge is -2.37. The van der Waals surface area contributed by atoms with Crippen molar-refractivity contribution in [3.05, 3.63) is 12.7 Å². The zero-order valence-electron chi connectivity index (χ0n) is 13.0. The number of carbonyl (C=O) groups excluding carboxylic acids is 1. The van der Waals surface area contributed by atoms with Crippen molar-refractivity contribution in [2.75, 3.05) is 45.9 Å². The number of nitrogens with zero attached hydrogens (tertiary/aromatic N) is 2. The molecule has 1 atom stereocenters. The van der Waals surface area contributed by atoms with Crippen LogP contribution in [0.3, 0.4) is 0 Å². The molecule has 116 valence electrons. The maximum Gasteiger partial charge on any atom is 0.320 e. The number of carbonyl (C=O) groups is 1. The first-order valence-electron chi connectivity index (χ1n) is 7.41. The molecule has 1 aliphatic heterocycles. The van der Waals surface area contributed by atoms with Crippen LogP contribution in [-0.2, 0) is 14.3 Å². The van der Waals surface area contributed by atoms with Crippen molar-refractivity contribution in [2.45, 2.75) is 32.9 Å². The summed E-state index contributed by atoms with van der Waals surface area (Å²) >= 11 is 0. The van der Waals surface area contributed by atoms with E-state index in [9.17, 15) is 4.79 Å². The summed E-state index contributed by atoms with van der Waals surface area (Å²) < 4.78 is 10.8. The van der Waals surface area contributed by atoms with Gasteiger partial charge >= 0.3 is 5.97 Å². The fourth-order valence-electron chi connectivity index (χ4n) is 2.39. The maximum atomic E-state index is 11.6. The van der Waals surface area contributed by atoms with Crippen LogP contribution in [0.1, 0.15) is 20.8 Å². The van der Waals surface area contributed by atoms with Gasteiger partial charge in [0.2, 0.25) is 0 Å². The summed E-state index contributed by atoms with van der Waals surface area (Å²) in [5.41, 5.74) is 0. The molecule has 0 saturated carbocycles. The van der Waals surface area contributed by atoms with Crippen LogP contribution < -0.4 is 0 Å². The Morgan fingerprint density at radius 1 is 1.60 bits per heavy atom. The van der Waals surface area contributed by atoms with Gasteiger partial charge in [-0.15, -0.1) is 6.58 Å². The second-order valence-electron chi connectivity index (χ2n) is 5.37. The highest BCUT2D eigenvalue weighted by molar-refractivity contribution is 5.71. The first kappa shape index (κ1) is 17.1. The average Bonchev–Trinajstić information content (AvgIpc) is 2.39. The van der Waals surface area contributed by atoms with Crippen LogP contribution >= 0.6 is 0 Å². The zero-order valence-corrected chi connectivity index (χ0v) is 13.0. The second kappa shape index (κ2) is 9.10. The minimum absolute atomic E-state index is 0.139. The van der Waals surface area contributed by atoms with E-state index < -0.39 is 0 Å². The Morgan fingerprint density at radius 3 is 2.95 bits per heavy atom. The van der Waals surface area contributed by atoms with E-state index in [0.29, 0.717) is 25.7 Å². The molecule has 0 amide bonds. The van der Waals surface area contributed by atoms with Crippen molar-refractivity contribution in [2.24, 2.45) is 0 Å². The van der Waals surface area contributed by atoms with Gasteiger partial charge in [-0.2, -0.15) is 0 Å². The highest BCUT2D eigenvalue weighted by atomic mass is 16.5. The zero-order chi connectivity index (χ0) is 15.0. The van der Waals surface area contributed by atoms with Gasteiger partial charge in [0.25, 0.3) is 0 Å². The lowest BCUT2D eigenvalue weighted by molar-refractivity contribution is -0.145. The molecule has 20 heavy (non-hydrogen) atoms. The highest BCUT2D eigenvalue weighted by Crippen LogP contribution is 2.10. The third-order valence-corrected chi connectivity index (χ3v) is 3.41. The summed E-state index contributed by atoms with van der Waals surface area (Å²) in [6.45, 7) is 14.7. The van der Waals surface area contributed by atoms with Gasteiger partial charge in [0, 0.05) is 32.2 Å². The quantitative estimate of drug-likeness (QED) is 0.494. The number of rotatable bonds is 8. The van der Waals surface area contributed by atoms with Crippen molar-refractivity contribution in [1.82, 2.24) is 9.80 Å². The highest BCUT2D eigenvalue weighted by Gasteiger charge is 2.24. The van der Waals surface area contributed by atoms with Gasteiger partial charge in [-0.25, -0.2) is 0 Å². The summed E-state index contributed by atoms with van der Waals surface area (Å²) in [6, 6.07) is 0.527. The van der Waals surface area contributed by atoms with Crippen LogP contribution in [0.4, 0.5) is 0 Å². The Labute approximate surface area is 122 Å². The number of ether oxygens (including phenoxy) is 2. The molecule has 0 aromatic rings. The molecular formula is C15H28N2O3. The van der Waals surface area contributed by atoms with Crippen LogP contribution in [0.5, 0.6) is 0 Å². The Balaban J connectivity index is 2.47. The normalized spacial score (nSPS) is 20.4. The van der Waals surface area contributed by atoms with Gasteiger partial charge in [-0.1, -0.05) is 6.08 Å². The van der Waals surface area contributed by atoms with Crippen LogP contribution in [0.25, 0.3) is 0 Å². The number of esters is 1. The lowest BCUT2D eigenvalue weighted by Crippen LogP contribution is -2.50. The number of hydrogen-bond acceptors (Lipinski definition) is 5. The van der Waals surface area contributed by atoms with Gasteiger partial charge in [-0.3, -0.25) is 14.6 Å². The molecule has 1 rings (SSSR count). The SMILES string of the molecule is C=CCN(CC(=O)OCC)CC1CN(C(C)C)CCO1. The average molecular weight is 284 g/mol. The number of hydrogen-bond donors (Lipinski definition) is 0. The summed E-state index contributed by atoms with van der Waals surface area (Å²) in [4.78, 5) is 16.0. The fourth-order valence-corrected chi connectivity index (χ4v) is 2.39.